The van der Waals surface area contributed by atoms with Crippen molar-refractivity contribution in [3.05, 3.63) is 81.4 Å². The third-order valence-corrected chi connectivity index (χ3v) is 12.0. The fourth-order valence-electron chi connectivity index (χ4n) is 6.78. The van der Waals surface area contributed by atoms with Crippen LogP contribution in [0.2, 0.25) is 0 Å². The Hall–Kier alpha value is -6.81. The van der Waals surface area contributed by atoms with Crippen molar-refractivity contribution in [1.82, 2.24) is 45.8 Å². The molecule has 9 N–H and O–H groups in total. The van der Waals surface area contributed by atoms with Crippen LogP contribution in [0.3, 0.4) is 0 Å². The highest BCUT2D eigenvalue weighted by molar-refractivity contribution is 7.89. The maximum atomic E-state index is 13.6. The standard InChI is InChI=1S/C43H58N10O11S/c1-7-31(51-41(59)32(8-2)50-35(54)9-3)40(58)45-15-14-44-36(55)11-10-18-64-28-19-25(4)38(26(5)20-28)65(62,63)52-33(42(60)61)23-48-39(57)30-24-53(6)34-21-27(12-13-29(34)37(30)56)22-49-43-46-16-17-47-43/h12-13,16-17,19-21,24,31-33,52H,7-11,14-15,18,22-23H2,1-6H3,(H,44,55)(H,45,58)(H,48,57)(H,50,54)(H,51,59)(H,60,61)(H2,46,47,49)/t31?,32?,33-/m0/s1. The zero-order chi connectivity index (χ0) is 47.8. The van der Waals surface area contributed by atoms with Crippen LogP contribution in [0.1, 0.15) is 79.9 Å². The molecule has 2 heterocycles. The monoisotopic (exact) mass is 922 g/mol. The highest BCUT2D eigenvalue weighted by atomic mass is 32.2. The number of carboxylic acids is 1. The summed E-state index contributed by atoms with van der Waals surface area (Å²) < 4.78 is 36.6. The summed E-state index contributed by atoms with van der Waals surface area (Å²) in [6, 6.07) is 4.67. The van der Waals surface area contributed by atoms with E-state index < -0.39 is 63.8 Å². The Bertz CT molecular complexity index is 2500. The van der Waals surface area contributed by atoms with Crippen molar-refractivity contribution >= 4 is 62.4 Å². The normalized spacial score (nSPS) is 12.6. The van der Waals surface area contributed by atoms with E-state index >= 15 is 0 Å². The van der Waals surface area contributed by atoms with Crippen LogP contribution in [0, 0.1) is 13.8 Å². The lowest BCUT2D eigenvalue weighted by Gasteiger charge is -2.21. The van der Waals surface area contributed by atoms with Gasteiger partial charge in [0.15, 0.2) is 5.95 Å². The first-order chi connectivity index (χ1) is 30.9. The second-order valence-electron chi connectivity index (χ2n) is 15.2. The van der Waals surface area contributed by atoms with Crippen molar-refractivity contribution in [2.75, 3.05) is 31.6 Å². The summed E-state index contributed by atoms with van der Waals surface area (Å²) in [5, 5.41) is 26.3. The van der Waals surface area contributed by atoms with Crippen molar-refractivity contribution in [2.45, 2.75) is 96.3 Å². The third kappa shape index (κ3) is 14.3. The van der Waals surface area contributed by atoms with E-state index in [4.69, 9.17) is 4.74 Å². The molecule has 65 heavy (non-hydrogen) atoms. The minimum absolute atomic E-state index is 0.0901. The predicted octanol–water partition coefficient (Wildman–Crippen LogP) is 1.24. The Kier molecular flexibility index (Phi) is 18.6. The number of rotatable bonds is 25. The maximum Gasteiger partial charge on any atom is 0.323 e. The summed E-state index contributed by atoms with van der Waals surface area (Å²) in [5.74, 6) is -3.01. The number of sulfonamides is 1. The lowest BCUT2D eigenvalue weighted by atomic mass is 10.1. The molecule has 5 amide bonds. The molecular formula is C43H58N10O11S. The molecule has 0 aliphatic rings. The van der Waals surface area contributed by atoms with Gasteiger partial charge in [-0.3, -0.25) is 33.6 Å². The third-order valence-electron chi connectivity index (χ3n) is 10.2. The Morgan fingerprint density at radius 3 is 2.18 bits per heavy atom. The molecule has 22 heteroatoms. The molecular weight excluding hydrogens is 865 g/mol. The number of ether oxygens (including phenoxy) is 1. The number of aryl methyl sites for hydroxylation is 3. The molecule has 2 aromatic heterocycles. The zero-order valence-corrected chi connectivity index (χ0v) is 38.1. The van der Waals surface area contributed by atoms with E-state index in [1.807, 2.05) is 0 Å². The Labute approximate surface area is 376 Å². The lowest BCUT2D eigenvalue weighted by Crippen LogP contribution is -2.53. The van der Waals surface area contributed by atoms with Gasteiger partial charge in [-0.2, -0.15) is 4.72 Å². The molecule has 0 spiro atoms. The Balaban J connectivity index is 1.24. The zero-order valence-electron chi connectivity index (χ0n) is 37.3. The van der Waals surface area contributed by atoms with Crippen LogP contribution in [0.5, 0.6) is 5.75 Å². The van der Waals surface area contributed by atoms with E-state index in [1.165, 1.54) is 32.2 Å². The van der Waals surface area contributed by atoms with Crippen molar-refractivity contribution in [2.24, 2.45) is 7.05 Å². The molecule has 0 bridgehead atoms. The van der Waals surface area contributed by atoms with Crippen LogP contribution in [0.15, 0.2) is 58.6 Å². The van der Waals surface area contributed by atoms with Crippen LogP contribution in [0.4, 0.5) is 5.95 Å². The summed E-state index contributed by atoms with van der Waals surface area (Å²) in [4.78, 5) is 95.0. The number of pyridine rings is 1. The molecule has 4 rings (SSSR count). The number of aromatic amines is 1. The van der Waals surface area contributed by atoms with Gasteiger partial charge in [0.2, 0.25) is 39.1 Å². The molecule has 352 valence electrons. The van der Waals surface area contributed by atoms with Crippen LogP contribution in [-0.4, -0.2) is 108 Å². The molecule has 0 saturated carbocycles. The summed E-state index contributed by atoms with van der Waals surface area (Å²) >= 11 is 0. The number of aromatic nitrogens is 3. The molecule has 0 radical (unpaired) electrons. The van der Waals surface area contributed by atoms with Crippen LogP contribution in [0.25, 0.3) is 10.9 Å². The minimum Gasteiger partial charge on any atom is -0.494 e. The smallest absolute Gasteiger partial charge is 0.323 e. The first kappa shape index (κ1) is 50.8. The van der Waals surface area contributed by atoms with Gasteiger partial charge < -0.3 is 51.3 Å². The SMILES string of the molecule is CCC(=O)NC(CC)C(=O)NC(CC)C(=O)NCCNC(=O)CCCOc1cc(C)c(S(=O)(=O)N[C@@H](CNC(=O)c2cn(C)c3cc(CNc4ncc[nH]4)ccc3c2=O)C(=O)O)c(C)c1. The van der Waals surface area contributed by atoms with Crippen LogP contribution < -0.4 is 46.8 Å². The first-order valence-corrected chi connectivity index (χ1v) is 22.6. The molecule has 3 atom stereocenters. The highest BCUT2D eigenvalue weighted by Gasteiger charge is 2.30. The van der Waals surface area contributed by atoms with Gasteiger partial charge in [0.05, 0.1) is 17.0 Å². The van der Waals surface area contributed by atoms with Crippen LogP contribution in [-0.2, 0) is 47.6 Å². The summed E-state index contributed by atoms with van der Waals surface area (Å²) in [7, 11) is -2.81. The number of hydrogen-bond acceptors (Lipinski definition) is 12. The summed E-state index contributed by atoms with van der Waals surface area (Å²) in [6.07, 6.45) is 5.91. The van der Waals surface area contributed by atoms with Gasteiger partial charge in [0.25, 0.3) is 5.91 Å². The van der Waals surface area contributed by atoms with Crippen molar-refractivity contribution in [3.8, 4) is 5.75 Å². The Morgan fingerprint density at radius 2 is 1.55 bits per heavy atom. The second kappa shape index (κ2) is 23.8. The quantitative estimate of drug-likeness (QED) is 0.0424. The van der Waals surface area contributed by atoms with E-state index in [-0.39, 0.29) is 71.3 Å². The number of benzene rings is 2. The summed E-state index contributed by atoms with van der Waals surface area (Å²) in [6.45, 7) is 8.28. The topological polar surface area (TPSA) is 301 Å². The van der Waals surface area contributed by atoms with Gasteiger partial charge in [-0.15, -0.1) is 0 Å². The van der Waals surface area contributed by atoms with Gasteiger partial charge in [-0.1, -0.05) is 26.8 Å². The minimum atomic E-state index is -4.46. The highest BCUT2D eigenvalue weighted by Crippen LogP contribution is 2.26. The van der Waals surface area contributed by atoms with Crippen LogP contribution >= 0.6 is 0 Å². The molecule has 0 saturated heterocycles. The average Bonchev–Trinajstić information content (AvgIpc) is 3.80. The number of fused-ring (bicyclic) bond motifs is 1. The number of anilines is 1. The number of amides is 5. The number of aliphatic carboxylic acids is 1. The lowest BCUT2D eigenvalue weighted by molar-refractivity contribution is -0.138. The largest absolute Gasteiger partial charge is 0.494 e. The number of carboxylic acid groups (broad SMARTS) is 1. The number of imidazole rings is 1. The van der Waals surface area contributed by atoms with Gasteiger partial charge >= 0.3 is 5.97 Å². The molecule has 0 fully saturated rings. The van der Waals surface area contributed by atoms with Gasteiger partial charge in [-0.05, 0) is 74.1 Å². The van der Waals surface area contributed by atoms with Crippen molar-refractivity contribution in [1.29, 1.82) is 0 Å². The number of nitrogens with zero attached hydrogens (tertiary/aromatic N) is 2. The van der Waals surface area contributed by atoms with E-state index in [1.54, 1.807) is 63.0 Å². The molecule has 0 aliphatic heterocycles. The molecule has 2 unspecified atom stereocenters. The number of hydrogen-bond donors (Lipinski definition) is 9. The second-order valence-corrected chi connectivity index (χ2v) is 16.8. The van der Waals surface area contributed by atoms with E-state index in [0.29, 0.717) is 43.0 Å². The van der Waals surface area contributed by atoms with Crippen molar-refractivity contribution in [3.63, 3.8) is 0 Å². The first-order valence-electron chi connectivity index (χ1n) is 21.2. The molecule has 0 aliphatic carbocycles. The summed E-state index contributed by atoms with van der Waals surface area (Å²) in [5.41, 5.74) is 1.05. The predicted molar refractivity (Wildman–Crippen MR) is 241 cm³/mol. The molecule has 4 aromatic rings. The number of nitrogens with one attached hydrogen (secondary N) is 8. The average molecular weight is 923 g/mol. The van der Waals surface area contributed by atoms with Gasteiger partial charge in [0.1, 0.15) is 29.4 Å². The van der Waals surface area contributed by atoms with Crippen molar-refractivity contribution < 1.29 is 47.0 Å². The van der Waals surface area contributed by atoms with Gasteiger partial charge in [0, 0.05) is 70.0 Å². The Morgan fingerprint density at radius 1 is 0.877 bits per heavy atom. The van der Waals surface area contributed by atoms with E-state index in [9.17, 15) is 47.1 Å². The van der Waals surface area contributed by atoms with E-state index in [2.05, 4.69) is 46.6 Å². The molecule has 21 nitrogen and oxygen atoms in total. The maximum absolute atomic E-state index is 13.6. The number of carbonyl (C=O) groups is 6. The molecule has 2 aromatic carbocycles. The van der Waals surface area contributed by atoms with E-state index in [0.717, 1.165) is 5.56 Å². The number of carbonyl (C=O) groups excluding carboxylic acids is 5. The van der Waals surface area contributed by atoms with Gasteiger partial charge in [-0.25, -0.2) is 13.4 Å². The fraction of sp³-hybridized carbons (Fsp3) is 0.442. The number of H-pyrrole nitrogens is 1. The fourth-order valence-corrected chi connectivity index (χ4v) is 8.42.